The van der Waals surface area contributed by atoms with Gasteiger partial charge in [-0.2, -0.15) is 0 Å². The number of rotatable bonds is 4. The second-order valence-electron chi connectivity index (χ2n) is 5.61. The maximum atomic E-state index is 12.3. The number of hydrogen-bond donors (Lipinski definition) is 5. The zero-order chi connectivity index (χ0) is 18.7. The van der Waals surface area contributed by atoms with E-state index in [0.717, 1.165) is 20.9 Å². The van der Waals surface area contributed by atoms with Crippen LogP contribution in [-0.4, -0.2) is 27.5 Å². The molecule has 0 fully saturated rings. The normalized spacial score (nSPS) is 12.7. The first kappa shape index (κ1) is 17.7. The topological polar surface area (TPSA) is 146 Å². The summed E-state index contributed by atoms with van der Waals surface area (Å²) in [6.07, 6.45) is 5.43. The summed E-state index contributed by atoms with van der Waals surface area (Å²) in [5, 5.41) is 1.31. The van der Waals surface area contributed by atoms with Crippen LogP contribution in [-0.2, 0) is 0 Å². The molecule has 0 saturated heterocycles. The zero-order valence-corrected chi connectivity index (χ0v) is 15.3. The van der Waals surface area contributed by atoms with Gasteiger partial charge in [0.1, 0.15) is 10.7 Å². The third-order valence-electron chi connectivity index (χ3n) is 3.73. The summed E-state index contributed by atoms with van der Waals surface area (Å²) in [4.78, 5) is 36.6. The maximum absolute atomic E-state index is 12.3. The molecular formula is C17H17BrN6O2. The molecule has 0 aliphatic carbocycles. The van der Waals surface area contributed by atoms with Gasteiger partial charge in [0.15, 0.2) is 5.96 Å². The molecule has 0 spiro atoms. The van der Waals surface area contributed by atoms with E-state index in [1.165, 1.54) is 0 Å². The molecule has 0 amide bonds. The van der Waals surface area contributed by atoms with Gasteiger partial charge in [0.05, 0.1) is 0 Å². The number of benzene rings is 1. The van der Waals surface area contributed by atoms with Crippen molar-refractivity contribution in [3.8, 4) is 0 Å². The van der Waals surface area contributed by atoms with E-state index in [4.69, 9.17) is 11.5 Å². The first-order chi connectivity index (χ1) is 12.4. The minimum absolute atomic E-state index is 0.0171. The van der Waals surface area contributed by atoms with Crippen LogP contribution < -0.4 is 33.3 Å². The van der Waals surface area contributed by atoms with E-state index in [2.05, 4.69) is 35.9 Å². The van der Waals surface area contributed by atoms with Crippen molar-refractivity contribution < 1.29 is 0 Å². The highest BCUT2D eigenvalue weighted by atomic mass is 79.9. The molecule has 2 aromatic heterocycles. The molecule has 3 aromatic rings. The van der Waals surface area contributed by atoms with Gasteiger partial charge < -0.3 is 26.4 Å². The fourth-order valence-electron chi connectivity index (χ4n) is 2.54. The minimum Gasteiger partial charge on any atom is -0.370 e. The first-order valence-electron chi connectivity index (χ1n) is 7.80. The van der Waals surface area contributed by atoms with Gasteiger partial charge >= 0.3 is 0 Å². The van der Waals surface area contributed by atoms with Gasteiger partial charge in [0.25, 0.3) is 11.1 Å². The summed E-state index contributed by atoms with van der Waals surface area (Å²) < 4.78 is 0.949. The quantitative estimate of drug-likeness (QED) is 0.223. The number of guanidine groups is 1. The SMILES string of the molecule is NC(N)=NCCC=c1[nH]c(=O)c(=Cc2c[nH]c3cc(Br)ccc23)[nH]c1=O. The van der Waals surface area contributed by atoms with Gasteiger partial charge in [-0.1, -0.05) is 28.1 Å². The molecule has 0 unspecified atom stereocenters. The first-order valence-corrected chi connectivity index (χ1v) is 8.60. The number of aromatic nitrogens is 3. The molecule has 7 N–H and O–H groups in total. The Hall–Kier alpha value is -3.07. The third-order valence-corrected chi connectivity index (χ3v) is 4.23. The van der Waals surface area contributed by atoms with E-state index in [1.54, 1.807) is 18.3 Å². The predicted octanol–water partition coefficient (Wildman–Crippen LogP) is -0.420. The van der Waals surface area contributed by atoms with Crippen molar-refractivity contribution in [1.29, 1.82) is 0 Å². The van der Waals surface area contributed by atoms with E-state index in [-0.39, 0.29) is 27.8 Å². The number of nitrogens with two attached hydrogens (primary N) is 2. The number of aliphatic imine (C=N–C) groups is 1. The lowest BCUT2D eigenvalue weighted by molar-refractivity contribution is 0.976. The molecule has 3 rings (SSSR count). The molecule has 0 saturated carbocycles. The highest BCUT2D eigenvalue weighted by Gasteiger charge is 2.03. The Morgan fingerprint density at radius 1 is 1.15 bits per heavy atom. The van der Waals surface area contributed by atoms with Crippen molar-refractivity contribution in [2.75, 3.05) is 6.54 Å². The summed E-state index contributed by atoms with van der Waals surface area (Å²) in [5.41, 5.74) is 11.4. The average Bonchev–Trinajstić information content (AvgIpc) is 2.97. The van der Waals surface area contributed by atoms with E-state index in [0.29, 0.717) is 13.0 Å². The molecule has 0 bridgehead atoms. The Balaban J connectivity index is 2.01. The summed E-state index contributed by atoms with van der Waals surface area (Å²) in [7, 11) is 0. The van der Waals surface area contributed by atoms with Crippen molar-refractivity contribution in [3.05, 3.63) is 65.8 Å². The van der Waals surface area contributed by atoms with Crippen LogP contribution in [0.2, 0.25) is 0 Å². The Morgan fingerprint density at radius 3 is 2.65 bits per heavy atom. The molecule has 2 heterocycles. The largest absolute Gasteiger partial charge is 0.370 e. The summed E-state index contributed by atoms with van der Waals surface area (Å²) in [6.45, 7) is 0.336. The van der Waals surface area contributed by atoms with Gasteiger partial charge in [-0.25, -0.2) is 0 Å². The van der Waals surface area contributed by atoms with Crippen molar-refractivity contribution in [3.63, 3.8) is 0 Å². The third kappa shape index (κ3) is 3.94. The van der Waals surface area contributed by atoms with E-state index in [1.807, 2.05) is 18.2 Å². The van der Waals surface area contributed by atoms with Crippen molar-refractivity contribution in [2.24, 2.45) is 16.5 Å². The summed E-state index contributed by atoms with van der Waals surface area (Å²) >= 11 is 3.41. The van der Waals surface area contributed by atoms with Crippen LogP contribution in [0.1, 0.15) is 12.0 Å². The molecule has 8 nitrogen and oxygen atoms in total. The van der Waals surface area contributed by atoms with Crippen LogP contribution >= 0.6 is 15.9 Å². The Morgan fingerprint density at radius 2 is 1.88 bits per heavy atom. The average molecular weight is 417 g/mol. The smallest absolute Gasteiger partial charge is 0.272 e. The predicted molar refractivity (Wildman–Crippen MR) is 106 cm³/mol. The van der Waals surface area contributed by atoms with Gasteiger partial charge in [0.2, 0.25) is 0 Å². The number of halogens is 1. The van der Waals surface area contributed by atoms with Gasteiger partial charge in [-0.15, -0.1) is 0 Å². The number of nitrogens with zero attached hydrogens (tertiary/aromatic N) is 1. The molecule has 0 atom stereocenters. The number of aromatic amines is 3. The Labute approximate surface area is 155 Å². The zero-order valence-electron chi connectivity index (χ0n) is 13.7. The molecule has 0 aliphatic rings. The van der Waals surface area contributed by atoms with Gasteiger partial charge in [-0.05, 0) is 24.6 Å². The lowest BCUT2D eigenvalue weighted by atomic mass is 10.1. The number of nitrogens with one attached hydrogen (secondary N) is 3. The van der Waals surface area contributed by atoms with Crippen LogP contribution in [0.25, 0.3) is 23.1 Å². The van der Waals surface area contributed by atoms with E-state index in [9.17, 15) is 9.59 Å². The lowest BCUT2D eigenvalue weighted by Gasteiger charge is -1.94. The molecule has 0 aliphatic heterocycles. The van der Waals surface area contributed by atoms with E-state index < -0.39 is 0 Å². The molecule has 1 aromatic carbocycles. The highest BCUT2D eigenvalue weighted by Crippen LogP contribution is 2.22. The summed E-state index contributed by atoms with van der Waals surface area (Å²) in [5.74, 6) is -0.0171. The van der Waals surface area contributed by atoms with Crippen molar-refractivity contribution >= 4 is 44.9 Å². The van der Waals surface area contributed by atoms with Crippen LogP contribution in [0.15, 0.2) is 43.5 Å². The monoisotopic (exact) mass is 416 g/mol. The molecule has 134 valence electrons. The molecule has 9 heteroatoms. The molecule has 0 radical (unpaired) electrons. The molecule has 26 heavy (non-hydrogen) atoms. The van der Waals surface area contributed by atoms with Gasteiger partial charge in [-0.3, -0.25) is 14.6 Å². The lowest BCUT2D eigenvalue weighted by Crippen LogP contribution is -2.46. The Kier molecular flexibility index (Phi) is 5.08. The maximum Gasteiger partial charge on any atom is 0.272 e. The fraction of sp³-hybridized carbons (Fsp3) is 0.118. The fourth-order valence-corrected chi connectivity index (χ4v) is 2.90. The minimum atomic E-state index is -0.386. The highest BCUT2D eigenvalue weighted by molar-refractivity contribution is 9.10. The molecular weight excluding hydrogens is 400 g/mol. The number of hydrogen-bond acceptors (Lipinski definition) is 3. The van der Waals surface area contributed by atoms with Crippen molar-refractivity contribution in [2.45, 2.75) is 6.42 Å². The van der Waals surface area contributed by atoms with Crippen LogP contribution in [0, 0.1) is 0 Å². The van der Waals surface area contributed by atoms with Crippen LogP contribution in [0.5, 0.6) is 0 Å². The number of fused-ring (bicyclic) bond motifs is 1. The van der Waals surface area contributed by atoms with Gasteiger partial charge in [0, 0.05) is 33.7 Å². The number of H-pyrrole nitrogens is 3. The summed E-state index contributed by atoms with van der Waals surface area (Å²) in [6, 6.07) is 5.78. The van der Waals surface area contributed by atoms with Crippen LogP contribution in [0.4, 0.5) is 0 Å². The van der Waals surface area contributed by atoms with E-state index >= 15 is 0 Å². The van der Waals surface area contributed by atoms with Crippen LogP contribution in [0.3, 0.4) is 0 Å². The standard InChI is InChI=1S/C17H17BrN6O2/c18-10-3-4-11-9(8-22-13(11)7-10)6-14-16(26)23-12(15(25)24-14)2-1-5-21-17(19)20/h2-4,6-8,22H,1,5H2,(H,23,26)(H,24,25)(H4,19,20,21). The second kappa shape index (κ2) is 7.44. The van der Waals surface area contributed by atoms with Crippen molar-refractivity contribution in [1.82, 2.24) is 15.0 Å². The Bertz CT molecular complexity index is 1210. The second-order valence-corrected chi connectivity index (χ2v) is 6.53.